The third-order valence-electron chi connectivity index (χ3n) is 13.4. The lowest BCUT2D eigenvalue weighted by molar-refractivity contribution is 0.670. The summed E-state index contributed by atoms with van der Waals surface area (Å²) in [6.07, 6.45) is 0. The van der Waals surface area contributed by atoms with Gasteiger partial charge in [0, 0.05) is 49.9 Å². The molecule has 0 amide bonds. The van der Waals surface area contributed by atoms with E-state index in [9.17, 15) is 0 Å². The summed E-state index contributed by atoms with van der Waals surface area (Å²) in [6.45, 7) is 0. The Kier molecular flexibility index (Phi) is 9.17. The van der Waals surface area contributed by atoms with Gasteiger partial charge in [0.1, 0.15) is 11.2 Å². The predicted octanol–water partition coefficient (Wildman–Crippen LogP) is 18.0. The number of benzene rings is 11. The molecule has 0 aliphatic heterocycles. The Morgan fingerprint density at radius 1 is 0.313 bits per heavy atom. The van der Waals surface area contributed by atoms with E-state index in [-0.39, 0.29) is 0 Å². The molecular weight excluding hydrogens is 813 g/mol. The zero-order valence-electron chi connectivity index (χ0n) is 36.6. The number of rotatable bonds is 8. The summed E-state index contributed by atoms with van der Waals surface area (Å²) >= 11 is 0. The minimum Gasteiger partial charge on any atom is -0.455 e. The van der Waals surface area contributed by atoms with Crippen LogP contribution in [0.4, 0.5) is 17.1 Å². The van der Waals surface area contributed by atoms with E-state index in [1.54, 1.807) is 0 Å². The van der Waals surface area contributed by atoms with Crippen molar-refractivity contribution < 1.29 is 4.42 Å². The second-order valence-corrected chi connectivity index (χ2v) is 17.3. The Balaban J connectivity index is 0.907. The van der Waals surface area contributed by atoms with Crippen molar-refractivity contribution in [2.45, 2.75) is 0 Å². The number of fused-ring (bicyclic) bond motifs is 7. The van der Waals surface area contributed by atoms with Crippen LogP contribution >= 0.6 is 0 Å². The average molecular weight is 855 g/mol. The van der Waals surface area contributed by atoms with E-state index in [0.29, 0.717) is 0 Å². The normalized spacial score (nSPS) is 11.6. The number of para-hydroxylation sites is 4. The Hall–Kier alpha value is -8.92. The molecule has 2 heterocycles. The summed E-state index contributed by atoms with van der Waals surface area (Å²) in [7, 11) is 0. The number of nitrogens with zero attached hydrogens (tertiary/aromatic N) is 2. The molecule has 13 aromatic rings. The van der Waals surface area contributed by atoms with Gasteiger partial charge in [-0.2, -0.15) is 0 Å². The van der Waals surface area contributed by atoms with Crippen LogP contribution in [-0.4, -0.2) is 4.57 Å². The summed E-state index contributed by atoms with van der Waals surface area (Å²) in [5.74, 6) is 0. The molecule has 2 aromatic heterocycles. The summed E-state index contributed by atoms with van der Waals surface area (Å²) in [5, 5.41) is 7.21. The van der Waals surface area contributed by atoms with Crippen molar-refractivity contribution in [2.24, 2.45) is 0 Å². The highest BCUT2D eigenvalue weighted by Gasteiger charge is 2.19. The number of hydrogen-bond acceptors (Lipinski definition) is 2. The van der Waals surface area contributed by atoms with Crippen molar-refractivity contribution in [1.29, 1.82) is 0 Å². The maximum absolute atomic E-state index is 6.45. The minimum absolute atomic E-state index is 0.902. The molecule has 0 spiro atoms. The first-order chi connectivity index (χ1) is 33.2. The quantitative estimate of drug-likeness (QED) is 0.152. The van der Waals surface area contributed by atoms with Crippen molar-refractivity contribution >= 4 is 71.6 Å². The van der Waals surface area contributed by atoms with Gasteiger partial charge in [0.05, 0.1) is 11.0 Å². The van der Waals surface area contributed by atoms with Gasteiger partial charge < -0.3 is 13.9 Å². The van der Waals surface area contributed by atoms with E-state index in [2.05, 4.69) is 252 Å². The number of furan rings is 1. The molecule has 0 bridgehead atoms. The highest BCUT2D eigenvalue weighted by atomic mass is 16.3. The molecule has 0 unspecified atom stereocenters. The molecule has 0 saturated carbocycles. The maximum atomic E-state index is 6.45. The van der Waals surface area contributed by atoms with Gasteiger partial charge in [-0.15, -0.1) is 0 Å². The fraction of sp³-hybridized carbons (Fsp3) is 0. The van der Waals surface area contributed by atoms with Crippen LogP contribution in [0.15, 0.2) is 259 Å². The Morgan fingerprint density at radius 3 is 1.51 bits per heavy atom. The van der Waals surface area contributed by atoms with E-state index in [4.69, 9.17) is 4.42 Å². The van der Waals surface area contributed by atoms with Crippen LogP contribution in [0, 0.1) is 0 Å². The van der Waals surface area contributed by atoms with Crippen LogP contribution < -0.4 is 4.90 Å². The third-order valence-corrected chi connectivity index (χ3v) is 13.4. The molecule has 0 fully saturated rings. The van der Waals surface area contributed by atoms with E-state index in [0.717, 1.165) is 61.4 Å². The van der Waals surface area contributed by atoms with Crippen molar-refractivity contribution in [3.8, 4) is 50.2 Å². The van der Waals surface area contributed by atoms with Crippen molar-refractivity contribution in [2.75, 3.05) is 4.90 Å². The van der Waals surface area contributed by atoms with Gasteiger partial charge in [-0.05, 0) is 116 Å². The maximum Gasteiger partial charge on any atom is 0.143 e. The smallest absolute Gasteiger partial charge is 0.143 e. The van der Waals surface area contributed by atoms with Gasteiger partial charge in [0.15, 0.2) is 0 Å². The summed E-state index contributed by atoms with van der Waals surface area (Å²) in [6, 6.07) is 91.9. The highest BCUT2D eigenvalue weighted by Crippen LogP contribution is 2.43. The molecule has 67 heavy (non-hydrogen) atoms. The number of anilines is 3. The number of hydrogen-bond donors (Lipinski definition) is 0. The Morgan fingerprint density at radius 2 is 0.806 bits per heavy atom. The SMILES string of the molecule is c1ccc(-c2ccc(N(c3ccc(-c4cccc5c4oc4ccccc45)cc3)c3ccc(-c4cccc5cccc(-c6ccc7c8ccccc8n(-c8ccccc8)c7c6)c45)cc3)cc2)cc1. The molecule has 3 nitrogen and oxygen atoms in total. The number of aromatic nitrogens is 1. The first kappa shape index (κ1) is 38.5. The zero-order valence-corrected chi connectivity index (χ0v) is 36.6. The monoisotopic (exact) mass is 854 g/mol. The van der Waals surface area contributed by atoms with Crippen LogP contribution in [0.25, 0.3) is 105 Å². The molecule has 0 N–H and O–H groups in total. The third kappa shape index (κ3) is 6.59. The van der Waals surface area contributed by atoms with Gasteiger partial charge in [-0.25, -0.2) is 0 Å². The van der Waals surface area contributed by atoms with Gasteiger partial charge in [0.25, 0.3) is 0 Å². The first-order valence-corrected chi connectivity index (χ1v) is 22.9. The van der Waals surface area contributed by atoms with Gasteiger partial charge in [-0.3, -0.25) is 0 Å². The first-order valence-electron chi connectivity index (χ1n) is 22.9. The van der Waals surface area contributed by atoms with Crippen LogP contribution in [0.3, 0.4) is 0 Å². The molecule has 13 rings (SSSR count). The van der Waals surface area contributed by atoms with E-state index in [1.165, 1.54) is 60.4 Å². The fourth-order valence-electron chi connectivity index (χ4n) is 10.3. The molecule has 0 saturated heterocycles. The van der Waals surface area contributed by atoms with Crippen molar-refractivity contribution in [1.82, 2.24) is 4.57 Å². The molecular formula is C64H42N2O. The molecule has 0 aliphatic carbocycles. The van der Waals surface area contributed by atoms with E-state index < -0.39 is 0 Å². The summed E-state index contributed by atoms with van der Waals surface area (Å²) in [4.78, 5) is 2.35. The molecule has 0 radical (unpaired) electrons. The van der Waals surface area contributed by atoms with E-state index in [1.807, 2.05) is 12.1 Å². The summed E-state index contributed by atoms with van der Waals surface area (Å²) < 4.78 is 8.84. The van der Waals surface area contributed by atoms with Crippen molar-refractivity contribution in [3.63, 3.8) is 0 Å². The molecule has 0 aliphatic rings. The van der Waals surface area contributed by atoms with Gasteiger partial charge in [-0.1, -0.05) is 188 Å². The predicted molar refractivity (Wildman–Crippen MR) is 282 cm³/mol. The second kappa shape index (κ2) is 16.0. The Labute approximate surface area is 388 Å². The van der Waals surface area contributed by atoms with Crippen LogP contribution in [0.2, 0.25) is 0 Å². The summed E-state index contributed by atoms with van der Waals surface area (Å²) in [5.41, 5.74) is 17.9. The zero-order chi connectivity index (χ0) is 44.3. The van der Waals surface area contributed by atoms with Crippen LogP contribution in [0.1, 0.15) is 0 Å². The molecule has 314 valence electrons. The molecule has 0 atom stereocenters. The lowest BCUT2D eigenvalue weighted by Crippen LogP contribution is -2.09. The van der Waals surface area contributed by atoms with Gasteiger partial charge >= 0.3 is 0 Å². The molecule has 3 heteroatoms. The highest BCUT2D eigenvalue weighted by molar-refractivity contribution is 6.13. The lowest BCUT2D eigenvalue weighted by Gasteiger charge is -2.26. The Bertz CT molecular complexity index is 3940. The van der Waals surface area contributed by atoms with Crippen molar-refractivity contribution in [3.05, 3.63) is 255 Å². The second-order valence-electron chi connectivity index (χ2n) is 17.3. The lowest BCUT2D eigenvalue weighted by atomic mass is 9.91. The van der Waals surface area contributed by atoms with Gasteiger partial charge in [0.2, 0.25) is 0 Å². The largest absolute Gasteiger partial charge is 0.455 e. The standard InChI is InChI=1S/C64H42N2O/c1-3-14-43(15-4-1)44-28-35-50(36-29-44)65(52-39-32-46(33-40-52)55-24-13-25-59-58-21-8-10-27-62(58)67-64(55)59)51-37-30-45(31-38-51)53-22-11-16-47-17-12-23-54(63(47)53)48-34-41-57-56-20-7-9-26-60(56)66(61(57)42-48)49-18-5-2-6-19-49/h1-42H. The topological polar surface area (TPSA) is 21.3 Å². The van der Waals surface area contributed by atoms with Crippen LogP contribution in [-0.2, 0) is 0 Å². The van der Waals surface area contributed by atoms with E-state index >= 15 is 0 Å². The molecule has 11 aromatic carbocycles. The average Bonchev–Trinajstić information content (AvgIpc) is 3.95. The minimum atomic E-state index is 0.902. The fourth-order valence-corrected chi connectivity index (χ4v) is 10.3. The van der Waals surface area contributed by atoms with Crippen LogP contribution in [0.5, 0.6) is 0 Å².